The molecule has 4 heterocycles. The molecule has 7 rings (SSSR count). The summed E-state index contributed by atoms with van der Waals surface area (Å²) < 4.78 is 13.6. The summed E-state index contributed by atoms with van der Waals surface area (Å²) in [6, 6.07) is 24.2. The summed E-state index contributed by atoms with van der Waals surface area (Å²) in [7, 11) is 1.64. The molecule has 1 fully saturated rings. The normalized spacial score (nSPS) is 14.4. The minimum absolute atomic E-state index is 0.0376. The van der Waals surface area contributed by atoms with Gasteiger partial charge in [-0.05, 0) is 60.5 Å². The van der Waals surface area contributed by atoms with Crippen molar-refractivity contribution in [3.05, 3.63) is 96.2 Å². The van der Waals surface area contributed by atoms with Crippen molar-refractivity contribution in [2.24, 2.45) is 0 Å². The quantitative estimate of drug-likeness (QED) is 0.172. The van der Waals surface area contributed by atoms with Gasteiger partial charge in [-0.1, -0.05) is 31.2 Å². The van der Waals surface area contributed by atoms with Gasteiger partial charge in [0.25, 0.3) is 5.91 Å². The number of H-pyrrole nitrogens is 1. The molecule has 3 aromatic heterocycles. The lowest BCUT2D eigenvalue weighted by Crippen LogP contribution is -2.31. The van der Waals surface area contributed by atoms with Crippen LogP contribution in [0.25, 0.3) is 22.1 Å². The lowest BCUT2D eigenvalue weighted by Gasteiger charge is -2.16. The molecule has 0 spiro atoms. The van der Waals surface area contributed by atoms with Crippen LogP contribution in [0.5, 0.6) is 17.2 Å². The summed E-state index contributed by atoms with van der Waals surface area (Å²) >= 11 is 0. The number of carbonyl (C=O) groups is 2. The molecule has 0 bridgehead atoms. The molecule has 47 heavy (non-hydrogen) atoms. The lowest BCUT2D eigenvalue weighted by molar-refractivity contribution is -0.129. The SMILES string of the molecule is CCC(=O)N1CC[C@@H](Nc2nn(Cc3ccc(OC)cc3)c3nccc(Oc4ccc(C(=O)Nc5nc6ccccc6[nH]5)cc4)c23)C1. The molecule has 12 heteroatoms. The number of hydrogen-bond donors (Lipinski definition) is 3. The minimum Gasteiger partial charge on any atom is -0.497 e. The van der Waals surface area contributed by atoms with E-state index in [9.17, 15) is 9.59 Å². The molecule has 0 aliphatic carbocycles. The van der Waals surface area contributed by atoms with Crippen molar-refractivity contribution in [3.63, 3.8) is 0 Å². The first-order chi connectivity index (χ1) is 23.0. The third-order valence-corrected chi connectivity index (χ3v) is 8.24. The van der Waals surface area contributed by atoms with Gasteiger partial charge >= 0.3 is 0 Å². The smallest absolute Gasteiger partial charge is 0.257 e. The van der Waals surface area contributed by atoms with Crippen molar-refractivity contribution < 1.29 is 19.1 Å². The number of nitrogens with zero attached hydrogens (tertiary/aromatic N) is 5. The highest BCUT2D eigenvalue weighted by Crippen LogP contribution is 2.35. The molecule has 12 nitrogen and oxygen atoms in total. The number of imidazole rings is 1. The Balaban J connectivity index is 1.14. The Hall–Kier alpha value is -5.91. The van der Waals surface area contributed by atoms with Gasteiger partial charge in [0, 0.05) is 43.4 Å². The van der Waals surface area contributed by atoms with Crippen LogP contribution in [0.1, 0.15) is 35.7 Å². The van der Waals surface area contributed by atoms with Gasteiger partial charge in [0.2, 0.25) is 11.9 Å². The molecule has 238 valence electrons. The molecule has 1 atom stereocenters. The maximum Gasteiger partial charge on any atom is 0.257 e. The number of aromatic nitrogens is 5. The molecule has 0 radical (unpaired) electrons. The van der Waals surface area contributed by atoms with Crippen LogP contribution in [0.3, 0.4) is 0 Å². The van der Waals surface area contributed by atoms with Gasteiger partial charge < -0.3 is 24.7 Å². The second kappa shape index (κ2) is 12.8. The summed E-state index contributed by atoms with van der Waals surface area (Å²) in [4.78, 5) is 39.4. The van der Waals surface area contributed by atoms with Gasteiger partial charge in [0.15, 0.2) is 11.5 Å². The zero-order valence-corrected chi connectivity index (χ0v) is 26.1. The molecule has 6 aromatic rings. The van der Waals surface area contributed by atoms with Crippen LogP contribution in [-0.2, 0) is 11.3 Å². The third-order valence-electron chi connectivity index (χ3n) is 8.24. The van der Waals surface area contributed by atoms with Gasteiger partial charge in [-0.15, -0.1) is 0 Å². The van der Waals surface area contributed by atoms with Crippen LogP contribution >= 0.6 is 0 Å². The number of pyridine rings is 1. The van der Waals surface area contributed by atoms with E-state index in [4.69, 9.17) is 14.6 Å². The highest BCUT2D eigenvalue weighted by Gasteiger charge is 2.27. The number of amides is 2. The number of benzene rings is 3. The van der Waals surface area contributed by atoms with Crippen molar-refractivity contribution in [1.82, 2.24) is 29.6 Å². The van der Waals surface area contributed by atoms with E-state index in [0.29, 0.717) is 60.5 Å². The Morgan fingerprint density at radius 1 is 1.00 bits per heavy atom. The number of methoxy groups -OCH3 is 1. The fourth-order valence-electron chi connectivity index (χ4n) is 5.78. The Morgan fingerprint density at radius 2 is 1.79 bits per heavy atom. The van der Waals surface area contributed by atoms with Crippen molar-refractivity contribution >= 4 is 45.6 Å². The second-order valence-electron chi connectivity index (χ2n) is 11.4. The number of rotatable bonds is 10. The maximum absolute atomic E-state index is 12.9. The Labute approximate surface area is 270 Å². The van der Waals surface area contributed by atoms with E-state index in [1.165, 1.54) is 0 Å². The standard InChI is InChI=1S/C35H34N8O4/c1-3-30(44)42-19-17-24(21-42)37-32-31-29(16-18-36-33(31)43(41-32)20-22-8-12-25(46-2)13-9-22)47-26-14-10-23(11-15-26)34(45)40-35-38-27-6-4-5-7-28(27)39-35/h4-16,18,24H,3,17,19-21H2,1-2H3,(H,37,41)(H2,38,39,40,45)/t24-/m1/s1. The van der Waals surface area contributed by atoms with E-state index in [2.05, 4.69) is 25.6 Å². The van der Waals surface area contributed by atoms with Crippen LogP contribution in [0.4, 0.5) is 11.8 Å². The van der Waals surface area contributed by atoms with Crippen LogP contribution in [0.15, 0.2) is 85.1 Å². The molecule has 2 amide bonds. The van der Waals surface area contributed by atoms with Gasteiger partial charge in [-0.25, -0.2) is 14.6 Å². The highest BCUT2D eigenvalue weighted by molar-refractivity contribution is 6.04. The fraction of sp³-hybridized carbons (Fsp3) is 0.229. The van der Waals surface area contributed by atoms with Crippen LogP contribution < -0.4 is 20.1 Å². The summed E-state index contributed by atoms with van der Waals surface area (Å²) in [5.41, 5.74) is 3.76. The number of likely N-dealkylation sites (tertiary alicyclic amines) is 1. The molecule has 1 aliphatic rings. The average molecular weight is 631 g/mol. The van der Waals surface area contributed by atoms with Gasteiger partial charge in [0.05, 0.1) is 24.7 Å². The van der Waals surface area contributed by atoms with Crippen molar-refractivity contribution in [1.29, 1.82) is 0 Å². The first kappa shape index (κ1) is 29.8. The largest absolute Gasteiger partial charge is 0.497 e. The van der Waals surface area contributed by atoms with Crippen molar-refractivity contribution in [2.45, 2.75) is 32.4 Å². The molecule has 3 aromatic carbocycles. The first-order valence-corrected chi connectivity index (χ1v) is 15.5. The first-order valence-electron chi connectivity index (χ1n) is 15.5. The van der Waals surface area contributed by atoms with E-state index in [1.54, 1.807) is 43.6 Å². The number of anilines is 2. The summed E-state index contributed by atoms with van der Waals surface area (Å²) in [5.74, 6) is 2.76. The number of nitrogens with one attached hydrogen (secondary N) is 3. The van der Waals surface area contributed by atoms with E-state index in [1.807, 2.05) is 65.0 Å². The molecule has 1 saturated heterocycles. The zero-order valence-electron chi connectivity index (χ0n) is 26.1. The van der Waals surface area contributed by atoms with E-state index < -0.39 is 0 Å². The van der Waals surface area contributed by atoms with Crippen LogP contribution in [0, 0.1) is 0 Å². The summed E-state index contributed by atoms with van der Waals surface area (Å²) in [6.07, 6.45) is 2.99. The molecular formula is C35H34N8O4. The summed E-state index contributed by atoms with van der Waals surface area (Å²) in [5, 5.41) is 12.1. The number of aromatic amines is 1. The van der Waals surface area contributed by atoms with Gasteiger partial charge in [0.1, 0.15) is 22.6 Å². The lowest BCUT2D eigenvalue weighted by atomic mass is 10.2. The predicted molar refractivity (Wildman–Crippen MR) is 179 cm³/mol. The third kappa shape index (κ3) is 6.30. The number of para-hydroxylation sites is 2. The Morgan fingerprint density at radius 3 is 2.55 bits per heavy atom. The van der Waals surface area contributed by atoms with E-state index in [0.717, 1.165) is 34.2 Å². The zero-order chi connectivity index (χ0) is 32.3. The number of ether oxygens (including phenoxy) is 2. The van der Waals surface area contributed by atoms with Crippen molar-refractivity contribution in [3.8, 4) is 17.2 Å². The second-order valence-corrected chi connectivity index (χ2v) is 11.4. The number of carbonyl (C=O) groups excluding carboxylic acids is 2. The molecule has 0 saturated carbocycles. The van der Waals surface area contributed by atoms with E-state index >= 15 is 0 Å². The van der Waals surface area contributed by atoms with Gasteiger partial charge in [-0.3, -0.25) is 14.9 Å². The van der Waals surface area contributed by atoms with E-state index in [-0.39, 0.29) is 17.9 Å². The van der Waals surface area contributed by atoms with Crippen LogP contribution in [0.2, 0.25) is 0 Å². The molecule has 3 N–H and O–H groups in total. The minimum atomic E-state index is -0.291. The maximum atomic E-state index is 12.9. The van der Waals surface area contributed by atoms with Gasteiger partial charge in [-0.2, -0.15) is 5.10 Å². The average Bonchev–Trinajstić information content (AvgIpc) is 3.83. The highest BCUT2D eigenvalue weighted by atomic mass is 16.5. The Bertz CT molecular complexity index is 2020. The van der Waals surface area contributed by atoms with Crippen LogP contribution in [-0.4, -0.2) is 67.7 Å². The van der Waals surface area contributed by atoms with Crippen molar-refractivity contribution in [2.75, 3.05) is 30.8 Å². The molecule has 0 unspecified atom stereocenters. The summed E-state index contributed by atoms with van der Waals surface area (Å²) in [6.45, 7) is 3.67. The number of hydrogen-bond acceptors (Lipinski definition) is 8. The topological polar surface area (TPSA) is 139 Å². The fourth-order valence-corrected chi connectivity index (χ4v) is 5.78. The molecule has 1 aliphatic heterocycles. The number of fused-ring (bicyclic) bond motifs is 2. The Kier molecular flexibility index (Phi) is 8.13. The molecular weight excluding hydrogens is 596 g/mol. The predicted octanol–water partition coefficient (Wildman–Crippen LogP) is 5.83. The monoisotopic (exact) mass is 630 g/mol.